The van der Waals surface area contributed by atoms with Crippen LogP contribution in [0.2, 0.25) is 0 Å². The van der Waals surface area contributed by atoms with Gasteiger partial charge in [0.1, 0.15) is 0 Å². The maximum absolute atomic E-state index is 4.17. The van der Waals surface area contributed by atoms with Crippen molar-refractivity contribution in [2.45, 2.75) is 12.5 Å². The van der Waals surface area contributed by atoms with Crippen molar-refractivity contribution in [1.82, 2.24) is 15.1 Å². The molecule has 1 atom stereocenters. The van der Waals surface area contributed by atoms with Crippen LogP contribution >= 0.6 is 12.4 Å². The van der Waals surface area contributed by atoms with Crippen molar-refractivity contribution in [2.24, 2.45) is 0 Å². The molecule has 1 aliphatic heterocycles. The second kappa shape index (κ2) is 3.74. The Morgan fingerprint density at radius 1 is 1.55 bits per heavy atom. The molecule has 11 heavy (non-hydrogen) atoms. The molecule has 0 radical (unpaired) electrons. The Morgan fingerprint density at radius 3 is 3.00 bits per heavy atom. The van der Waals surface area contributed by atoms with Crippen LogP contribution in [0, 0.1) is 0 Å². The van der Waals surface area contributed by atoms with Crippen LogP contribution < -0.4 is 5.32 Å². The van der Waals surface area contributed by atoms with Crippen molar-refractivity contribution >= 4 is 12.4 Å². The Labute approximate surface area is 72.2 Å². The van der Waals surface area contributed by atoms with E-state index in [4.69, 9.17) is 0 Å². The molecule has 0 amide bonds. The minimum Gasteiger partial charge on any atom is -0.315 e. The van der Waals surface area contributed by atoms with Crippen LogP contribution in [-0.4, -0.2) is 22.9 Å². The summed E-state index contributed by atoms with van der Waals surface area (Å²) < 4.78 is 2.03. The first-order chi connectivity index (χ1) is 4.97. The van der Waals surface area contributed by atoms with Gasteiger partial charge in [0.05, 0.1) is 6.04 Å². The summed E-state index contributed by atoms with van der Waals surface area (Å²) in [5.74, 6) is 0. The molecular formula is C7H12ClN3. The first-order valence-corrected chi connectivity index (χ1v) is 3.66. The molecule has 1 unspecified atom stereocenters. The van der Waals surface area contributed by atoms with E-state index in [1.807, 2.05) is 23.1 Å². The van der Waals surface area contributed by atoms with Crippen molar-refractivity contribution in [1.29, 1.82) is 0 Å². The highest BCUT2D eigenvalue weighted by Gasteiger charge is 2.15. The normalized spacial score (nSPS) is 23.1. The lowest BCUT2D eigenvalue weighted by atomic mass is 10.3. The van der Waals surface area contributed by atoms with Gasteiger partial charge in [0.15, 0.2) is 0 Å². The lowest BCUT2D eigenvalue weighted by molar-refractivity contribution is 0.491. The predicted molar refractivity (Wildman–Crippen MR) is 46.0 cm³/mol. The topological polar surface area (TPSA) is 29.9 Å². The minimum absolute atomic E-state index is 0. The first-order valence-electron chi connectivity index (χ1n) is 3.66. The Hall–Kier alpha value is -0.540. The highest BCUT2D eigenvalue weighted by molar-refractivity contribution is 5.85. The summed E-state index contributed by atoms with van der Waals surface area (Å²) in [6.07, 6.45) is 5.07. The monoisotopic (exact) mass is 173 g/mol. The number of hydrogen-bond acceptors (Lipinski definition) is 2. The fourth-order valence-electron chi connectivity index (χ4n) is 1.36. The van der Waals surface area contributed by atoms with E-state index in [1.165, 1.54) is 6.42 Å². The second-order valence-corrected chi connectivity index (χ2v) is 2.63. The van der Waals surface area contributed by atoms with Crippen molar-refractivity contribution in [2.75, 3.05) is 13.1 Å². The highest BCUT2D eigenvalue weighted by atomic mass is 35.5. The smallest absolute Gasteiger partial charge is 0.0655 e. The van der Waals surface area contributed by atoms with Crippen LogP contribution in [0.5, 0.6) is 0 Å². The number of rotatable bonds is 1. The summed E-state index contributed by atoms with van der Waals surface area (Å²) in [5.41, 5.74) is 0. The number of hydrogen-bond donors (Lipinski definition) is 1. The van der Waals surface area contributed by atoms with E-state index in [0.717, 1.165) is 13.1 Å². The summed E-state index contributed by atoms with van der Waals surface area (Å²) in [5, 5.41) is 7.47. The van der Waals surface area contributed by atoms with Crippen LogP contribution in [0.3, 0.4) is 0 Å². The molecule has 1 aliphatic rings. The van der Waals surface area contributed by atoms with Crippen LogP contribution in [0.25, 0.3) is 0 Å². The number of halogens is 1. The summed E-state index contributed by atoms with van der Waals surface area (Å²) in [6, 6.07) is 2.56. The van der Waals surface area contributed by atoms with Crippen LogP contribution in [0.4, 0.5) is 0 Å². The third-order valence-corrected chi connectivity index (χ3v) is 1.93. The van der Waals surface area contributed by atoms with Crippen LogP contribution in [0.1, 0.15) is 12.5 Å². The van der Waals surface area contributed by atoms with Crippen LogP contribution in [-0.2, 0) is 0 Å². The highest BCUT2D eigenvalue weighted by Crippen LogP contribution is 2.12. The average Bonchev–Trinajstić information content (AvgIpc) is 2.59. The third-order valence-electron chi connectivity index (χ3n) is 1.93. The molecule has 2 heterocycles. The zero-order chi connectivity index (χ0) is 6.81. The molecule has 2 rings (SSSR count). The minimum atomic E-state index is 0. The van der Waals surface area contributed by atoms with E-state index in [9.17, 15) is 0 Å². The Bertz CT molecular complexity index is 191. The summed E-state index contributed by atoms with van der Waals surface area (Å²) >= 11 is 0. The van der Waals surface area contributed by atoms with Gasteiger partial charge in [0, 0.05) is 18.9 Å². The largest absolute Gasteiger partial charge is 0.315 e. The number of aromatic nitrogens is 2. The summed E-state index contributed by atoms with van der Waals surface area (Å²) in [4.78, 5) is 0. The van der Waals surface area contributed by atoms with E-state index in [2.05, 4.69) is 10.4 Å². The van der Waals surface area contributed by atoms with E-state index >= 15 is 0 Å². The third kappa shape index (κ3) is 1.73. The average molecular weight is 174 g/mol. The maximum atomic E-state index is 4.17. The van der Waals surface area contributed by atoms with E-state index in [-0.39, 0.29) is 12.4 Å². The molecule has 0 bridgehead atoms. The molecule has 1 aromatic rings. The fourth-order valence-corrected chi connectivity index (χ4v) is 1.36. The Kier molecular flexibility index (Phi) is 2.91. The Morgan fingerprint density at radius 2 is 2.45 bits per heavy atom. The summed E-state index contributed by atoms with van der Waals surface area (Å²) in [7, 11) is 0. The van der Waals surface area contributed by atoms with Gasteiger partial charge in [0.25, 0.3) is 0 Å². The predicted octanol–water partition coefficient (Wildman–Crippen LogP) is 0.839. The van der Waals surface area contributed by atoms with Gasteiger partial charge in [-0.25, -0.2) is 0 Å². The van der Waals surface area contributed by atoms with Gasteiger partial charge in [-0.2, -0.15) is 5.10 Å². The maximum Gasteiger partial charge on any atom is 0.0655 e. The zero-order valence-electron chi connectivity index (χ0n) is 6.23. The standard InChI is InChI=1S/C7H11N3.ClH/c1-3-9-10(5-1)7-2-4-8-6-7;/h1,3,5,7-8H,2,4,6H2;1H. The Balaban J connectivity index is 0.000000605. The van der Waals surface area contributed by atoms with E-state index in [0.29, 0.717) is 6.04 Å². The molecule has 1 N–H and O–H groups in total. The van der Waals surface area contributed by atoms with Crippen molar-refractivity contribution in [3.63, 3.8) is 0 Å². The van der Waals surface area contributed by atoms with E-state index < -0.39 is 0 Å². The second-order valence-electron chi connectivity index (χ2n) is 2.63. The molecule has 1 aromatic heterocycles. The molecule has 4 heteroatoms. The van der Waals surface area contributed by atoms with Crippen LogP contribution in [0.15, 0.2) is 18.5 Å². The lowest BCUT2D eigenvalue weighted by Crippen LogP contribution is -2.13. The molecule has 1 saturated heterocycles. The van der Waals surface area contributed by atoms with Crippen molar-refractivity contribution in [3.8, 4) is 0 Å². The van der Waals surface area contributed by atoms with Crippen molar-refractivity contribution < 1.29 is 0 Å². The van der Waals surface area contributed by atoms with Gasteiger partial charge in [-0.05, 0) is 19.0 Å². The lowest BCUT2D eigenvalue weighted by Gasteiger charge is -2.06. The van der Waals surface area contributed by atoms with Gasteiger partial charge in [-0.3, -0.25) is 4.68 Å². The number of nitrogens with zero attached hydrogens (tertiary/aromatic N) is 2. The molecule has 0 spiro atoms. The van der Waals surface area contributed by atoms with Gasteiger partial charge in [-0.1, -0.05) is 0 Å². The molecule has 3 nitrogen and oxygen atoms in total. The quantitative estimate of drug-likeness (QED) is 0.682. The molecule has 0 aromatic carbocycles. The SMILES string of the molecule is Cl.c1cnn(C2CCNC2)c1. The molecule has 62 valence electrons. The van der Waals surface area contributed by atoms with Gasteiger partial charge < -0.3 is 5.32 Å². The molecule has 1 fully saturated rings. The first kappa shape index (κ1) is 8.56. The zero-order valence-corrected chi connectivity index (χ0v) is 7.05. The van der Waals surface area contributed by atoms with E-state index in [1.54, 1.807) is 0 Å². The molecular weight excluding hydrogens is 162 g/mol. The van der Waals surface area contributed by atoms with Gasteiger partial charge in [0.2, 0.25) is 0 Å². The van der Waals surface area contributed by atoms with Crippen molar-refractivity contribution in [3.05, 3.63) is 18.5 Å². The fraction of sp³-hybridized carbons (Fsp3) is 0.571. The number of nitrogens with one attached hydrogen (secondary N) is 1. The van der Waals surface area contributed by atoms with Gasteiger partial charge in [-0.15, -0.1) is 12.4 Å². The molecule has 0 aliphatic carbocycles. The molecule has 0 saturated carbocycles. The van der Waals surface area contributed by atoms with Gasteiger partial charge >= 0.3 is 0 Å². The summed E-state index contributed by atoms with van der Waals surface area (Å²) in [6.45, 7) is 2.20.